The fourth-order valence-corrected chi connectivity index (χ4v) is 6.95. The zero-order chi connectivity index (χ0) is 35.0. The number of carbonyl (C=O) groups excluding carboxylic acids is 4. The minimum atomic E-state index is -0.342. The van der Waals surface area contributed by atoms with Crippen molar-refractivity contribution < 1.29 is 28.7 Å². The second kappa shape index (κ2) is 19.8. The molecule has 12 heteroatoms. The van der Waals surface area contributed by atoms with Crippen molar-refractivity contribution in [1.29, 1.82) is 0 Å². The number of morpholine rings is 1. The third-order valence-electron chi connectivity index (χ3n) is 8.98. The van der Waals surface area contributed by atoms with Crippen LogP contribution in [0.1, 0.15) is 88.5 Å². The quantitative estimate of drug-likeness (QED) is 0.0991. The highest BCUT2D eigenvalue weighted by atomic mass is 32.1. The average molecular weight is 704 g/mol. The van der Waals surface area contributed by atoms with Gasteiger partial charge < -0.3 is 25.0 Å². The van der Waals surface area contributed by atoms with Crippen LogP contribution in [-0.4, -0.2) is 68.1 Å². The summed E-state index contributed by atoms with van der Waals surface area (Å²) in [4.78, 5) is 55.0. The van der Waals surface area contributed by atoms with Crippen molar-refractivity contribution >= 4 is 45.8 Å². The van der Waals surface area contributed by atoms with Gasteiger partial charge in [-0.2, -0.15) is 0 Å². The lowest BCUT2D eigenvalue weighted by molar-refractivity contribution is -0.134. The smallest absolute Gasteiger partial charge is 0.234 e. The Morgan fingerprint density at radius 2 is 1.58 bits per heavy atom. The SMILES string of the molecule is O=C(CCCCCCCCOc1ccc(-c2csc(N3CCOCC3)n2)cc1)NCCCCC(=O)Nc1ccc(C2CCC(=O)NC2=O)cc1. The molecule has 0 bridgehead atoms. The normalized spacial score (nSPS) is 16.2. The number of anilines is 2. The van der Waals surface area contributed by atoms with E-state index in [1.165, 1.54) is 0 Å². The summed E-state index contributed by atoms with van der Waals surface area (Å²) in [6, 6.07) is 15.3. The third kappa shape index (κ3) is 11.9. The first kappa shape index (κ1) is 37.0. The molecule has 0 saturated carbocycles. The van der Waals surface area contributed by atoms with Crippen molar-refractivity contribution in [1.82, 2.24) is 15.6 Å². The number of carbonyl (C=O) groups is 4. The second-order valence-electron chi connectivity index (χ2n) is 12.8. The molecule has 0 spiro atoms. The van der Waals surface area contributed by atoms with E-state index in [4.69, 9.17) is 14.5 Å². The van der Waals surface area contributed by atoms with Gasteiger partial charge in [0.15, 0.2) is 5.13 Å². The fraction of sp³-hybridized carbons (Fsp3) is 0.500. The molecule has 3 heterocycles. The molecule has 3 aromatic rings. The number of hydrogen-bond acceptors (Lipinski definition) is 9. The number of nitrogens with zero attached hydrogens (tertiary/aromatic N) is 2. The van der Waals surface area contributed by atoms with Gasteiger partial charge >= 0.3 is 0 Å². The largest absolute Gasteiger partial charge is 0.494 e. The lowest BCUT2D eigenvalue weighted by Gasteiger charge is -2.26. The van der Waals surface area contributed by atoms with E-state index in [9.17, 15) is 19.2 Å². The molecule has 3 N–H and O–H groups in total. The number of ether oxygens (including phenoxy) is 2. The minimum Gasteiger partial charge on any atom is -0.494 e. The standard InChI is InChI=1S/C38H49N5O6S/c44-34(39-21-7-6-10-35(45)40-30-15-11-28(12-16-30)32-19-20-36(46)42-37(32)47)9-5-3-1-2-4-8-24-49-31-17-13-29(14-18-31)33-27-50-38(41-33)43-22-25-48-26-23-43/h11-18,27,32H,1-10,19-26H2,(H,39,44)(H,40,45)(H,42,46,47). The van der Waals surface area contributed by atoms with E-state index >= 15 is 0 Å². The Morgan fingerprint density at radius 3 is 2.34 bits per heavy atom. The molecular weight excluding hydrogens is 655 g/mol. The maximum atomic E-state index is 12.3. The monoisotopic (exact) mass is 703 g/mol. The fourth-order valence-electron chi connectivity index (χ4n) is 6.06. The molecule has 0 aliphatic carbocycles. The second-order valence-corrected chi connectivity index (χ2v) is 13.7. The first-order valence-electron chi connectivity index (χ1n) is 18.0. The minimum absolute atomic E-state index is 0.0669. The van der Waals surface area contributed by atoms with Crippen molar-refractivity contribution in [3.63, 3.8) is 0 Å². The molecule has 1 aromatic heterocycles. The molecule has 2 aromatic carbocycles. The molecule has 2 aliphatic heterocycles. The Morgan fingerprint density at radius 1 is 0.880 bits per heavy atom. The van der Waals surface area contributed by atoms with E-state index in [1.807, 2.05) is 24.3 Å². The van der Waals surface area contributed by atoms with Crippen LogP contribution in [0.25, 0.3) is 11.3 Å². The van der Waals surface area contributed by atoms with E-state index in [2.05, 4.69) is 38.4 Å². The van der Waals surface area contributed by atoms with Crippen LogP contribution in [0.4, 0.5) is 10.8 Å². The number of amides is 4. The van der Waals surface area contributed by atoms with Crippen LogP contribution >= 0.6 is 11.3 Å². The summed E-state index contributed by atoms with van der Waals surface area (Å²) in [7, 11) is 0. The molecule has 2 saturated heterocycles. The molecule has 5 rings (SSSR count). The molecule has 2 aliphatic rings. The molecular formula is C38H49N5O6S. The Labute approximate surface area is 298 Å². The zero-order valence-electron chi connectivity index (χ0n) is 28.8. The Bertz CT molecular complexity index is 1540. The maximum Gasteiger partial charge on any atom is 0.234 e. The molecule has 50 heavy (non-hydrogen) atoms. The van der Waals surface area contributed by atoms with Gasteiger partial charge in [0.25, 0.3) is 0 Å². The molecule has 0 radical (unpaired) electrons. The number of piperidine rings is 1. The summed E-state index contributed by atoms with van der Waals surface area (Å²) >= 11 is 1.68. The molecule has 11 nitrogen and oxygen atoms in total. The third-order valence-corrected chi connectivity index (χ3v) is 9.88. The van der Waals surface area contributed by atoms with Crippen molar-refractivity contribution in [3.8, 4) is 17.0 Å². The topological polar surface area (TPSA) is 139 Å². The summed E-state index contributed by atoms with van der Waals surface area (Å²) in [5, 5.41) is 11.4. The van der Waals surface area contributed by atoms with Crippen molar-refractivity contribution in [2.24, 2.45) is 0 Å². The van der Waals surface area contributed by atoms with E-state index in [-0.39, 0.29) is 29.5 Å². The number of nitrogens with one attached hydrogen (secondary N) is 3. The highest BCUT2D eigenvalue weighted by Crippen LogP contribution is 2.29. The predicted molar refractivity (Wildman–Crippen MR) is 195 cm³/mol. The number of imide groups is 1. The summed E-state index contributed by atoms with van der Waals surface area (Å²) < 4.78 is 11.4. The van der Waals surface area contributed by atoms with Crippen LogP contribution in [0, 0.1) is 0 Å². The number of benzene rings is 2. The van der Waals surface area contributed by atoms with E-state index in [1.54, 1.807) is 23.5 Å². The van der Waals surface area contributed by atoms with Crippen molar-refractivity contribution in [2.75, 3.05) is 49.7 Å². The molecule has 1 unspecified atom stereocenters. The Hall–Kier alpha value is -4.29. The number of unbranched alkanes of at least 4 members (excludes halogenated alkanes) is 6. The van der Waals surface area contributed by atoms with Gasteiger partial charge in [0.1, 0.15) is 5.75 Å². The van der Waals surface area contributed by atoms with Crippen molar-refractivity contribution in [2.45, 2.75) is 83.0 Å². The first-order valence-corrected chi connectivity index (χ1v) is 18.8. The number of thiazole rings is 1. The van der Waals surface area contributed by atoms with Crippen LogP contribution in [0.3, 0.4) is 0 Å². The lowest BCUT2D eigenvalue weighted by Crippen LogP contribution is -2.39. The summed E-state index contributed by atoms with van der Waals surface area (Å²) in [5.74, 6) is 0.00476. The number of aromatic nitrogens is 1. The summed E-state index contributed by atoms with van der Waals surface area (Å²) in [6.07, 6.45) is 9.41. The first-order chi connectivity index (χ1) is 24.4. The van der Waals surface area contributed by atoms with Crippen LogP contribution in [0.5, 0.6) is 5.75 Å². The lowest BCUT2D eigenvalue weighted by atomic mass is 9.90. The predicted octanol–water partition coefficient (Wildman–Crippen LogP) is 6.20. The zero-order valence-corrected chi connectivity index (χ0v) is 29.6. The van der Waals surface area contributed by atoms with Gasteiger partial charge in [-0.05, 0) is 74.1 Å². The van der Waals surface area contributed by atoms with Crippen LogP contribution in [0.2, 0.25) is 0 Å². The van der Waals surface area contributed by atoms with Crippen LogP contribution in [0.15, 0.2) is 53.9 Å². The Kier molecular flexibility index (Phi) is 14.6. The van der Waals surface area contributed by atoms with Gasteiger partial charge in [0, 0.05) is 55.5 Å². The number of hydrogen-bond donors (Lipinski definition) is 3. The van der Waals surface area contributed by atoms with E-state index in [0.29, 0.717) is 50.9 Å². The highest BCUT2D eigenvalue weighted by Gasteiger charge is 2.27. The summed E-state index contributed by atoms with van der Waals surface area (Å²) in [6.45, 7) is 4.55. The van der Waals surface area contributed by atoms with Gasteiger partial charge in [-0.15, -0.1) is 11.3 Å². The van der Waals surface area contributed by atoms with E-state index in [0.717, 1.165) is 99.0 Å². The molecule has 4 amide bonds. The van der Waals surface area contributed by atoms with Crippen LogP contribution < -0.4 is 25.6 Å². The van der Waals surface area contributed by atoms with Gasteiger partial charge in [0.05, 0.1) is 31.4 Å². The molecule has 2 fully saturated rings. The van der Waals surface area contributed by atoms with Crippen LogP contribution in [-0.2, 0) is 23.9 Å². The number of rotatable bonds is 19. The van der Waals surface area contributed by atoms with Gasteiger partial charge in [0.2, 0.25) is 23.6 Å². The molecule has 1 atom stereocenters. The van der Waals surface area contributed by atoms with Gasteiger partial charge in [-0.3, -0.25) is 24.5 Å². The molecule has 268 valence electrons. The van der Waals surface area contributed by atoms with E-state index < -0.39 is 0 Å². The highest BCUT2D eigenvalue weighted by molar-refractivity contribution is 7.14. The Balaban J connectivity index is 0.825. The van der Waals surface area contributed by atoms with Gasteiger partial charge in [-0.1, -0.05) is 37.8 Å². The van der Waals surface area contributed by atoms with Gasteiger partial charge in [-0.25, -0.2) is 4.98 Å². The summed E-state index contributed by atoms with van der Waals surface area (Å²) in [5.41, 5.74) is 3.58. The maximum absolute atomic E-state index is 12.3. The van der Waals surface area contributed by atoms with Crippen molar-refractivity contribution in [3.05, 3.63) is 59.5 Å². The average Bonchev–Trinajstić information content (AvgIpc) is 3.63.